The van der Waals surface area contributed by atoms with Gasteiger partial charge in [0.1, 0.15) is 0 Å². The number of nitrogens with zero attached hydrogens (tertiary/aromatic N) is 1. The van der Waals surface area contributed by atoms with Gasteiger partial charge in [-0.25, -0.2) is 0 Å². The molecule has 0 unspecified atom stereocenters. The molecule has 5 heteroatoms. The van der Waals surface area contributed by atoms with E-state index < -0.39 is 0 Å². The van der Waals surface area contributed by atoms with Crippen molar-refractivity contribution in [3.63, 3.8) is 0 Å². The molecular formula is C18H31ClN2O2. The van der Waals surface area contributed by atoms with Gasteiger partial charge < -0.3 is 10.1 Å². The van der Waals surface area contributed by atoms with Crippen molar-refractivity contribution in [2.45, 2.75) is 27.7 Å². The van der Waals surface area contributed by atoms with Crippen molar-refractivity contribution >= 4 is 17.5 Å². The van der Waals surface area contributed by atoms with E-state index in [1.807, 2.05) is 6.92 Å². The number of allylic oxidation sites excluding steroid dienone is 3. The summed E-state index contributed by atoms with van der Waals surface area (Å²) in [6.07, 6.45) is 5.03. The van der Waals surface area contributed by atoms with E-state index in [2.05, 4.69) is 37.6 Å². The summed E-state index contributed by atoms with van der Waals surface area (Å²) >= 11 is 5.80. The maximum absolute atomic E-state index is 11.7. The lowest BCUT2D eigenvalue weighted by molar-refractivity contribution is -0.117. The van der Waals surface area contributed by atoms with Crippen LogP contribution in [-0.2, 0) is 9.53 Å². The van der Waals surface area contributed by atoms with Gasteiger partial charge in [0.25, 0.3) is 5.91 Å². The Morgan fingerprint density at radius 3 is 2.39 bits per heavy atom. The topological polar surface area (TPSA) is 41.6 Å². The number of hydrogen-bond donors (Lipinski definition) is 1. The van der Waals surface area contributed by atoms with E-state index in [1.165, 1.54) is 0 Å². The van der Waals surface area contributed by atoms with Gasteiger partial charge in [0.05, 0.1) is 13.2 Å². The van der Waals surface area contributed by atoms with E-state index in [1.54, 1.807) is 18.2 Å². The monoisotopic (exact) mass is 342 g/mol. The standard InChI is InChI=1S/C14H21ClN2O2.C4H10/c1-3-13(15)5-4-12(2)14(18)16-6-7-17-8-10-19-11-9-17;1-4(2)3/h3-5H,2,6-11H2,1H3,(H,16,18);4H,1-3H3/b5-4-,13-3+;. The Labute approximate surface area is 146 Å². The fourth-order valence-corrected chi connectivity index (χ4v) is 1.68. The second kappa shape index (κ2) is 13.3. The average molecular weight is 343 g/mol. The van der Waals surface area contributed by atoms with Crippen molar-refractivity contribution in [2.24, 2.45) is 5.92 Å². The molecule has 1 saturated heterocycles. The third kappa shape index (κ3) is 13.1. The van der Waals surface area contributed by atoms with E-state index >= 15 is 0 Å². The summed E-state index contributed by atoms with van der Waals surface area (Å²) in [4.78, 5) is 14.0. The Kier molecular flexibility index (Phi) is 12.7. The van der Waals surface area contributed by atoms with Crippen molar-refractivity contribution in [1.82, 2.24) is 10.2 Å². The van der Waals surface area contributed by atoms with Gasteiger partial charge in [0.15, 0.2) is 0 Å². The lowest BCUT2D eigenvalue weighted by Gasteiger charge is -2.26. The highest BCUT2D eigenvalue weighted by atomic mass is 35.5. The molecule has 0 aromatic rings. The van der Waals surface area contributed by atoms with Gasteiger partial charge >= 0.3 is 0 Å². The zero-order valence-corrected chi connectivity index (χ0v) is 15.7. The van der Waals surface area contributed by atoms with Gasteiger partial charge in [-0.1, -0.05) is 45.0 Å². The van der Waals surface area contributed by atoms with Crippen molar-refractivity contribution < 1.29 is 9.53 Å². The van der Waals surface area contributed by atoms with Crippen LogP contribution >= 0.6 is 11.6 Å². The third-order valence-electron chi connectivity index (χ3n) is 2.83. The Morgan fingerprint density at radius 2 is 1.87 bits per heavy atom. The zero-order chi connectivity index (χ0) is 17.7. The molecule has 4 nitrogen and oxygen atoms in total. The summed E-state index contributed by atoms with van der Waals surface area (Å²) in [7, 11) is 0. The first-order valence-electron chi connectivity index (χ1n) is 8.14. The minimum atomic E-state index is -0.162. The number of carbonyl (C=O) groups is 1. The quantitative estimate of drug-likeness (QED) is 0.594. The second-order valence-electron chi connectivity index (χ2n) is 5.97. The molecule has 0 bridgehead atoms. The first kappa shape index (κ1) is 21.9. The molecule has 0 aromatic heterocycles. The number of rotatable bonds is 6. The minimum Gasteiger partial charge on any atom is -0.379 e. The van der Waals surface area contributed by atoms with Gasteiger partial charge in [-0.3, -0.25) is 9.69 Å². The number of nitrogens with one attached hydrogen (secondary N) is 1. The van der Waals surface area contributed by atoms with Crippen LogP contribution < -0.4 is 5.32 Å². The van der Waals surface area contributed by atoms with Crippen LogP contribution in [0.25, 0.3) is 0 Å². The number of halogens is 1. The highest BCUT2D eigenvalue weighted by Crippen LogP contribution is 2.04. The lowest BCUT2D eigenvalue weighted by atomic mass is 10.2. The highest BCUT2D eigenvalue weighted by molar-refractivity contribution is 6.31. The zero-order valence-electron chi connectivity index (χ0n) is 14.9. The Morgan fingerprint density at radius 1 is 1.30 bits per heavy atom. The van der Waals surface area contributed by atoms with Gasteiger partial charge in [-0.05, 0) is 25.0 Å². The molecule has 0 spiro atoms. The van der Waals surface area contributed by atoms with Crippen LogP contribution in [0.4, 0.5) is 0 Å². The van der Waals surface area contributed by atoms with Crippen LogP contribution in [0.15, 0.2) is 35.4 Å². The van der Waals surface area contributed by atoms with Crippen LogP contribution in [-0.4, -0.2) is 50.2 Å². The summed E-state index contributed by atoms with van der Waals surface area (Å²) in [5.41, 5.74) is 0.405. The van der Waals surface area contributed by atoms with Crippen LogP contribution in [0.3, 0.4) is 0 Å². The molecule has 1 aliphatic heterocycles. The van der Waals surface area contributed by atoms with Crippen molar-refractivity contribution in [3.8, 4) is 0 Å². The van der Waals surface area contributed by atoms with E-state index in [4.69, 9.17) is 16.3 Å². The number of hydrogen-bond acceptors (Lipinski definition) is 3. The molecule has 132 valence electrons. The average Bonchev–Trinajstić information content (AvgIpc) is 2.52. The first-order chi connectivity index (χ1) is 10.9. The summed E-state index contributed by atoms with van der Waals surface area (Å²) in [5, 5.41) is 3.42. The molecule has 0 saturated carbocycles. The van der Waals surface area contributed by atoms with Crippen LogP contribution in [0.5, 0.6) is 0 Å². The minimum absolute atomic E-state index is 0.162. The molecule has 1 aliphatic rings. The van der Waals surface area contributed by atoms with Gasteiger partial charge in [-0.2, -0.15) is 0 Å². The Balaban J connectivity index is 0.00000108. The van der Waals surface area contributed by atoms with Gasteiger partial charge in [-0.15, -0.1) is 0 Å². The number of morpholine rings is 1. The first-order valence-corrected chi connectivity index (χ1v) is 8.51. The molecular weight excluding hydrogens is 312 g/mol. The summed E-state index contributed by atoms with van der Waals surface area (Å²) in [6, 6.07) is 0. The largest absolute Gasteiger partial charge is 0.379 e. The highest BCUT2D eigenvalue weighted by Gasteiger charge is 2.10. The number of ether oxygens (including phenoxy) is 1. The molecule has 1 N–H and O–H groups in total. The van der Waals surface area contributed by atoms with Crippen LogP contribution in [0.2, 0.25) is 0 Å². The van der Waals surface area contributed by atoms with Gasteiger partial charge in [0.2, 0.25) is 0 Å². The molecule has 0 atom stereocenters. The number of carbonyl (C=O) groups excluding carboxylic acids is 1. The van der Waals surface area contributed by atoms with E-state index in [-0.39, 0.29) is 5.91 Å². The van der Waals surface area contributed by atoms with E-state index in [9.17, 15) is 4.79 Å². The van der Waals surface area contributed by atoms with E-state index in [0.717, 1.165) is 38.8 Å². The molecule has 23 heavy (non-hydrogen) atoms. The fraction of sp³-hybridized carbons (Fsp3) is 0.611. The Hall–Kier alpha value is -1.10. The normalized spacial score (nSPS) is 16.2. The van der Waals surface area contributed by atoms with Crippen LogP contribution in [0, 0.1) is 5.92 Å². The maximum Gasteiger partial charge on any atom is 0.250 e. The Bertz CT molecular complexity index is 408. The summed E-state index contributed by atoms with van der Waals surface area (Å²) in [5.74, 6) is 0.671. The number of amides is 1. The SMILES string of the molecule is C=C(/C=C\C(Cl)=C/C)C(=O)NCCN1CCOCC1.CC(C)C. The molecule has 0 aliphatic carbocycles. The smallest absolute Gasteiger partial charge is 0.250 e. The van der Waals surface area contributed by atoms with E-state index in [0.29, 0.717) is 17.2 Å². The van der Waals surface area contributed by atoms with Crippen LogP contribution in [0.1, 0.15) is 27.7 Å². The summed E-state index contributed by atoms with van der Waals surface area (Å²) in [6.45, 7) is 16.9. The molecule has 1 heterocycles. The molecule has 0 radical (unpaired) electrons. The predicted octanol–water partition coefficient (Wildman–Crippen LogP) is 3.35. The fourth-order valence-electron chi connectivity index (χ4n) is 1.62. The molecule has 0 aromatic carbocycles. The lowest BCUT2D eigenvalue weighted by Crippen LogP contribution is -2.41. The third-order valence-corrected chi connectivity index (χ3v) is 3.17. The molecule has 1 fully saturated rings. The predicted molar refractivity (Wildman–Crippen MR) is 98.7 cm³/mol. The van der Waals surface area contributed by atoms with Crippen molar-refractivity contribution in [3.05, 3.63) is 35.4 Å². The molecule has 1 amide bonds. The molecule has 1 rings (SSSR count). The van der Waals surface area contributed by atoms with Crippen molar-refractivity contribution in [2.75, 3.05) is 39.4 Å². The maximum atomic E-state index is 11.7. The van der Waals surface area contributed by atoms with Crippen molar-refractivity contribution in [1.29, 1.82) is 0 Å². The van der Waals surface area contributed by atoms with Gasteiger partial charge in [0, 0.05) is 36.8 Å². The second-order valence-corrected chi connectivity index (χ2v) is 6.41. The summed E-state index contributed by atoms with van der Waals surface area (Å²) < 4.78 is 5.26.